The summed E-state index contributed by atoms with van der Waals surface area (Å²) in [5, 5.41) is 23.6. The summed E-state index contributed by atoms with van der Waals surface area (Å²) >= 11 is 0. The summed E-state index contributed by atoms with van der Waals surface area (Å²) in [4.78, 5) is 63.9. The molecule has 0 aliphatic carbocycles. The second-order valence-electron chi connectivity index (χ2n) is 20.3. The third-order valence-electron chi connectivity index (χ3n) is 14.1. The van der Waals surface area contributed by atoms with Crippen molar-refractivity contribution in [2.24, 2.45) is 0 Å². The van der Waals surface area contributed by atoms with Gasteiger partial charge in [-0.2, -0.15) is 9.82 Å². The van der Waals surface area contributed by atoms with Crippen molar-refractivity contribution in [1.82, 2.24) is 59.4 Å². The Morgan fingerprint density at radius 2 is 1.29 bits per heavy atom. The van der Waals surface area contributed by atoms with Crippen LogP contribution in [0.5, 0.6) is 0 Å². The standard InChI is InChI=1S/C37H46N8O9S2.C21H45N5O4/c1-2-20-53-22-23-54-21-4-16-43-55(49,50)31-10-5-27(6-11-31)28-7-12-32(13-8-28)56(51,52)44-33(36(47)48)26-41-35(46)29-9-14-34-30(24-29)25-42-45(34)19-3-15-38-37-39-17-18-40-37;1-5-23-9-10-24(6-2)12-15-26(20-21(27)22-8-7-18-28-3)16-14-25(13-11-23)17-19-30-29-4/h5-14,17-18,24-25,33,43-44H,2-4,15-16,19-23,26H2,1H3,(H,41,46)(H,47,48)(H2,38,39,40);5-20H2,1-4H3,(H,22,27). The minimum absolute atomic E-state index is 0.0728. The molecule has 1 fully saturated rings. The first-order chi connectivity index (χ1) is 41.6. The molecule has 1 aliphatic rings. The molecule has 3 heterocycles. The number of rotatable bonds is 36. The van der Waals surface area contributed by atoms with Crippen LogP contribution in [0.1, 0.15) is 56.8 Å². The van der Waals surface area contributed by atoms with Crippen molar-refractivity contribution in [2.45, 2.75) is 68.8 Å². The van der Waals surface area contributed by atoms with Gasteiger partial charge in [0, 0.05) is 142 Å². The maximum absolute atomic E-state index is 13.2. The van der Waals surface area contributed by atoms with Crippen LogP contribution in [0.15, 0.2) is 95.1 Å². The van der Waals surface area contributed by atoms with E-state index in [0.717, 1.165) is 96.8 Å². The summed E-state index contributed by atoms with van der Waals surface area (Å²) in [5.74, 6) is -1.29. The van der Waals surface area contributed by atoms with Crippen molar-refractivity contribution in [3.8, 4) is 11.1 Å². The van der Waals surface area contributed by atoms with Crippen LogP contribution >= 0.6 is 0 Å². The smallest absolute Gasteiger partial charge is 0.323 e. The molecule has 5 aromatic rings. The van der Waals surface area contributed by atoms with E-state index in [1.165, 1.54) is 36.4 Å². The van der Waals surface area contributed by atoms with Crippen LogP contribution in [0.25, 0.3) is 22.0 Å². The number of nitrogens with zero attached hydrogens (tertiary/aromatic N) is 7. The molecule has 1 saturated heterocycles. The quantitative estimate of drug-likeness (QED) is 0.0172. The topological polar surface area (TPSA) is 305 Å². The molecule has 1 unspecified atom stereocenters. The number of nitrogens with one attached hydrogen (secondary N) is 6. The number of amides is 2. The Kier molecular flexibility index (Phi) is 32.1. The lowest BCUT2D eigenvalue weighted by molar-refractivity contribution is -0.273. The van der Waals surface area contributed by atoms with E-state index in [9.17, 15) is 36.3 Å². The number of H-pyrrole nitrogens is 1. The third kappa shape index (κ3) is 25.4. The molecule has 3 aromatic carbocycles. The average molecular weight is 1240 g/mol. The Morgan fingerprint density at radius 3 is 1.88 bits per heavy atom. The van der Waals surface area contributed by atoms with Gasteiger partial charge in [0.25, 0.3) is 5.91 Å². The fourth-order valence-corrected chi connectivity index (χ4v) is 11.3. The zero-order chi connectivity index (χ0) is 62.0. The third-order valence-corrected chi connectivity index (χ3v) is 17.1. The molecule has 28 heteroatoms. The lowest BCUT2D eigenvalue weighted by atomic mass is 10.1. The number of methoxy groups -OCH3 is 1. The zero-order valence-corrected chi connectivity index (χ0v) is 52.2. The number of aromatic nitrogens is 4. The molecule has 26 nitrogen and oxygen atoms in total. The van der Waals surface area contributed by atoms with Gasteiger partial charge in [-0.25, -0.2) is 36.3 Å². The maximum atomic E-state index is 13.2. The number of aliphatic carboxylic acids is 1. The minimum Gasteiger partial charge on any atom is -0.480 e. The lowest BCUT2D eigenvalue weighted by Crippen LogP contribution is -2.48. The molecule has 7 N–H and O–H groups in total. The fourth-order valence-electron chi connectivity index (χ4n) is 9.06. The van der Waals surface area contributed by atoms with Gasteiger partial charge >= 0.3 is 5.97 Å². The molecule has 0 bridgehead atoms. The Bertz CT molecular complexity index is 2960. The highest BCUT2D eigenvalue weighted by Gasteiger charge is 2.27. The highest BCUT2D eigenvalue weighted by atomic mass is 32.2. The molecule has 1 atom stereocenters. The number of hydrogen-bond donors (Lipinski definition) is 7. The van der Waals surface area contributed by atoms with Crippen molar-refractivity contribution in [2.75, 3.05) is 164 Å². The van der Waals surface area contributed by atoms with Crippen LogP contribution in [-0.2, 0) is 60.2 Å². The number of carboxylic acids is 1. The van der Waals surface area contributed by atoms with Crippen LogP contribution < -0.4 is 25.4 Å². The van der Waals surface area contributed by atoms with E-state index in [4.69, 9.17) is 24.0 Å². The second kappa shape index (κ2) is 39.0. The number of sulfonamides is 2. The van der Waals surface area contributed by atoms with Gasteiger partial charge in [-0.15, -0.1) is 0 Å². The van der Waals surface area contributed by atoms with Gasteiger partial charge in [0.1, 0.15) is 6.04 Å². The summed E-state index contributed by atoms with van der Waals surface area (Å²) in [6.07, 6.45) is 8.06. The van der Waals surface area contributed by atoms with Crippen molar-refractivity contribution in [3.63, 3.8) is 0 Å². The largest absolute Gasteiger partial charge is 0.480 e. The number of benzene rings is 3. The van der Waals surface area contributed by atoms with Gasteiger partial charge in [-0.05, 0) is 92.4 Å². The van der Waals surface area contributed by atoms with E-state index in [-0.39, 0.29) is 27.8 Å². The highest BCUT2D eigenvalue weighted by molar-refractivity contribution is 7.89. The molecule has 6 rings (SSSR count). The number of likely N-dealkylation sites (N-methyl/N-ethyl adjacent to an activating group) is 2. The number of imidazole rings is 1. The normalized spacial score (nSPS) is 14.8. The number of fused-ring (bicyclic) bond motifs is 1. The number of aryl methyl sites for hydroxylation is 1. The summed E-state index contributed by atoms with van der Waals surface area (Å²) in [5.41, 5.74) is 2.31. The van der Waals surface area contributed by atoms with Crippen LogP contribution in [0.2, 0.25) is 0 Å². The van der Waals surface area contributed by atoms with Crippen molar-refractivity contribution in [1.29, 1.82) is 0 Å². The molecule has 1 aliphatic heterocycles. The SMILES string of the molecule is CCCOCCOCCCNS(=O)(=O)c1ccc(-c2ccc(S(=O)(=O)NC(CNC(=O)c3ccc4c(cnn4CCCNc4ncc[nH]4)c3)C(=O)O)cc2)cc1.CCN1CCN(CC)CCN(CC(=O)NCCCOC)CCN(CCOOC)CC1. The minimum atomic E-state index is -4.32. The van der Waals surface area contributed by atoms with Crippen LogP contribution in [0, 0.1) is 0 Å². The van der Waals surface area contributed by atoms with Gasteiger partial charge in [0.15, 0.2) is 5.95 Å². The predicted molar refractivity (Wildman–Crippen MR) is 329 cm³/mol. The van der Waals surface area contributed by atoms with E-state index in [1.807, 2.05) is 11.6 Å². The van der Waals surface area contributed by atoms with E-state index in [0.29, 0.717) is 94.7 Å². The second-order valence-corrected chi connectivity index (χ2v) is 23.8. The number of carbonyl (C=O) groups excluding carboxylic acids is 2. The molecule has 2 aromatic heterocycles. The van der Waals surface area contributed by atoms with E-state index < -0.39 is 44.5 Å². The number of carbonyl (C=O) groups is 3. The number of carboxylic acid groups (broad SMARTS) is 1. The number of ether oxygens (including phenoxy) is 3. The zero-order valence-electron chi connectivity index (χ0n) is 50.5. The molecule has 478 valence electrons. The van der Waals surface area contributed by atoms with Gasteiger partial charge in [-0.1, -0.05) is 45.0 Å². The number of hydrogen-bond acceptors (Lipinski definition) is 19. The first kappa shape index (κ1) is 70.8. The summed E-state index contributed by atoms with van der Waals surface area (Å²) < 4.78 is 74.1. The van der Waals surface area contributed by atoms with Gasteiger partial charge in [-0.3, -0.25) is 28.9 Å². The maximum Gasteiger partial charge on any atom is 0.323 e. The van der Waals surface area contributed by atoms with Crippen molar-refractivity contribution < 1.29 is 60.3 Å². The van der Waals surface area contributed by atoms with Gasteiger partial charge in [0.05, 0.1) is 55.0 Å². The lowest BCUT2D eigenvalue weighted by Gasteiger charge is -2.33. The molecular formula is C58H91N13O13S2. The highest BCUT2D eigenvalue weighted by Crippen LogP contribution is 2.24. The average Bonchev–Trinajstić information content (AvgIpc) is 3.02. The van der Waals surface area contributed by atoms with Crippen LogP contribution in [-0.4, -0.2) is 244 Å². The van der Waals surface area contributed by atoms with Crippen molar-refractivity contribution in [3.05, 3.63) is 90.9 Å². The Labute approximate surface area is 507 Å². The van der Waals surface area contributed by atoms with E-state index in [2.05, 4.69) is 73.9 Å². The van der Waals surface area contributed by atoms with Gasteiger partial charge < -0.3 is 50.1 Å². The van der Waals surface area contributed by atoms with E-state index >= 15 is 0 Å². The number of anilines is 1. The first-order valence-corrected chi connectivity index (χ1v) is 32.4. The summed E-state index contributed by atoms with van der Waals surface area (Å²) in [7, 11) is -4.84. The fraction of sp³-hybridized carbons (Fsp3) is 0.569. The molecule has 0 spiro atoms. The molecule has 86 heavy (non-hydrogen) atoms. The summed E-state index contributed by atoms with van der Waals surface area (Å²) in [6, 6.07) is 15.1. The van der Waals surface area contributed by atoms with Crippen LogP contribution in [0.4, 0.5) is 5.95 Å². The molecule has 0 radical (unpaired) electrons. The number of aromatic amines is 1. The monoisotopic (exact) mass is 1240 g/mol. The molecule has 2 amide bonds. The Morgan fingerprint density at radius 1 is 0.674 bits per heavy atom. The predicted octanol–water partition coefficient (Wildman–Crippen LogP) is 3.18. The van der Waals surface area contributed by atoms with Gasteiger partial charge in [0.2, 0.25) is 26.0 Å². The van der Waals surface area contributed by atoms with E-state index in [1.54, 1.807) is 63.1 Å². The first-order valence-electron chi connectivity index (χ1n) is 29.5. The molecule has 0 saturated carbocycles. The Balaban J connectivity index is 0.000000380. The van der Waals surface area contributed by atoms with Crippen molar-refractivity contribution >= 4 is 54.7 Å². The Hall–Kier alpha value is -5.99. The molecular weight excluding hydrogens is 1150 g/mol. The summed E-state index contributed by atoms with van der Waals surface area (Å²) in [6.45, 7) is 22.5. The van der Waals surface area contributed by atoms with Crippen LogP contribution in [0.3, 0.4) is 0 Å².